The molecule has 0 saturated carbocycles. The number of rotatable bonds is 5. The van der Waals surface area contributed by atoms with Crippen LogP contribution in [0, 0.1) is 0 Å². The summed E-state index contributed by atoms with van der Waals surface area (Å²) in [7, 11) is 1.71. The summed E-state index contributed by atoms with van der Waals surface area (Å²) in [4.78, 5) is 5.26. The van der Waals surface area contributed by atoms with Crippen molar-refractivity contribution in [3.8, 4) is 11.5 Å². The molecule has 0 bridgehead atoms. The fraction of sp³-hybridized carbons (Fsp3) is 0.667. The highest BCUT2D eigenvalue weighted by atomic mass is 79.9. The molecular formula is C24H40Br2N2O5. The number of aliphatic hydroxyl groups is 1. The Morgan fingerprint density at radius 2 is 1.79 bits per heavy atom. The second-order valence-corrected chi connectivity index (χ2v) is 9.22. The maximum atomic E-state index is 10.2. The summed E-state index contributed by atoms with van der Waals surface area (Å²) in [6.45, 7) is 6.96. The van der Waals surface area contributed by atoms with Gasteiger partial charge in [0.2, 0.25) is 0 Å². The lowest BCUT2D eigenvalue weighted by Crippen LogP contribution is -2.43. The SMILES string of the molecule is Br.Br.COc1ccc2c3c1O[C@@H]1C[C@@H](O)C=C[C@@]31CCN(CCCN1CCCCC1)C2.O.O. The Balaban J connectivity index is 0.00000136. The highest BCUT2D eigenvalue weighted by Crippen LogP contribution is 2.55. The summed E-state index contributed by atoms with van der Waals surface area (Å²) in [6, 6.07) is 4.28. The second-order valence-electron chi connectivity index (χ2n) is 9.22. The first-order valence-corrected chi connectivity index (χ1v) is 11.4. The zero-order chi connectivity index (χ0) is 19.8. The standard InChI is InChI=1S/C24H34N2O3.2BrH.2H2O/c1-28-20-7-6-18-17-26(14-5-13-25-11-3-2-4-12-25)15-10-24-9-8-19(27)16-21(24)29-23(20)22(18)24;;;;/h6-9,19,21,27H,2-5,10-17H2,1H3;2*1H;2*1H2/t19-,21+,24-;;;;/m0..../s1. The Morgan fingerprint density at radius 1 is 1.06 bits per heavy atom. The number of hydrogen-bond donors (Lipinski definition) is 1. The van der Waals surface area contributed by atoms with Gasteiger partial charge in [-0.05, 0) is 70.0 Å². The molecule has 33 heavy (non-hydrogen) atoms. The molecule has 0 amide bonds. The van der Waals surface area contributed by atoms with E-state index >= 15 is 0 Å². The Kier molecular flexibility index (Phi) is 11.8. The molecule has 9 heteroatoms. The molecule has 1 spiro atoms. The van der Waals surface area contributed by atoms with E-state index in [1.165, 1.54) is 56.4 Å². The predicted molar refractivity (Wildman–Crippen MR) is 142 cm³/mol. The zero-order valence-electron chi connectivity index (χ0n) is 19.4. The van der Waals surface area contributed by atoms with Gasteiger partial charge in [-0.15, -0.1) is 34.0 Å². The number of ether oxygens (including phenoxy) is 2. The van der Waals surface area contributed by atoms with Gasteiger partial charge < -0.3 is 30.4 Å². The van der Waals surface area contributed by atoms with Crippen LogP contribution in [0.25, 0.3) is 0 Å². The molecule has 4 aliphatic rings. The Hall–Kier alpha value is -0.680. The highest BCUT2D eigenvalue weighted by molar-refractivity contribution is 8.93. The van der Waals surface area contributed by atoms with Crippen molar-refractivity contribution in [3.05, 3.63) is 35.4 Å². The van der Waals surface area contributed by atoms with E-state index in [0.717, 1.165) is 37.6 Å². The lowest BCUT2D eigenvalue weighted by Gasteiger charge is -2.36. The van der Waals surface area contributed by atoms with Crippen molar-refractivity contribution in [2.75, 3.05) is 39.8 Å². The smallest absolute Gasteiger partial charge is 0.166 e. The van der Waals surface area contributed by atoms with Crippen LogP contribution in [0.5, 0.6) is 11.5 Å². The largest absolute Gasteiger partial charge is 0.493 e. The van der Waals surface area contributed by atoms with Crippen LogP contribution in [0.1, 0.15) is 49.7 Å². The average molecular weight is 596 g/mol. The van der Waals surface area contributed by atoms with Gasteiger partial charge >= 0.3 is 0 Å². The van der Waals surface area contributed by atoms with Gasteiger partial charge in [-0.1, -0.05) is 24.6 Å². The molecule has 1 fully saturated rings. The van der Waals surface area contributed by atoms with E-state index < -0.39 is 6.10 Å². The number of nitrogens with zero attached hydrogens (tertiary/aromatic N) is 2. The van der Waals surface area contributed by atoms with Crippen LogP contribution < -0.4 is 9.47 Å². The molecule has 7 nitrogen and oxygen atoms in total. The Bertz CT molecular complexity index is 790. The van der Waals surface area contributed by atoms with Crippen molar-refractivity contribution in [2.45, 2.75) is 62.7 Å². The lowest BCUT2D eigenvalue weighted by molar-refractivity contribution is 0.0807. The number of hydrogen-bond acceptors (Lipinski definition) is 5. The molecule has 0 radical (unpaired) electrons. The van der Waals surface area contributed by atoms with Gasteiger partial charge in [-0.3, -0.25) is 4.90 Å². The maximum Gasteiger partial charge on any atom is 0.166 e. The number of benzene rings is 1. The summed E-state index contributed by atoms with van der Waals surface area (Å²) in [5, 5.41) is 10.2. The quantitative estimate of drug-likeness (QED) is 0.526. The van der Waals surface area contributed by atoms with Crippen LogP contribution in [-0.4, -0.2) is 77.9 Å². The average Bonchev–Trinajstić information content (AvgIpc) is 2.98. The third-order valence-corrected chi connectivity index (χ3v) is 7.43. The van der Waals surface area contributed by atoms with Crippen molar-refractivity contribution < 1.29 is 25.5 Å². The summed E-state index contributed by atoms with van der Waals surface area (Å²) in [5.74, 6) is 1.72. The van der Waals surface area contributed by atoms with Gasteiger partial charge in [0.15, 0.2) is 11.5 Å². The first-order chi connectivity index (χ1) is 14.2. The molecule has 3 heterocycles. The third-order valence-electron chi connectivity index (χ3n) is 7.43. The molecule has 1 aromatic rings. The highest BCUT2D eigenvalue weighted by Gasteiger charge is 2.52. The van der Waals surface area contributed by atoms with E-state index in [1.807, 2.05) is 6.08 Å². The van der Waals surface area contributed by atoms with Crippen molar-refractivity contribution in [2.24, 2.45) is 0 Å². The lowest BCUT2D eigenvalue weighted by atomic mass is 9.69. The van der Waals surface area contributed by atoms with E-state index in [4.69, 9.17) is 9.47 Å². The first kappa shape index (κ1) is 30.4. The summed E-state index contributed by atoms with van der Waals surface area (Å²) < 4.78 is 12.0. The molecule has 5 N–H and O–H groups in total. The molecule has 190 valence electrons. The summed E-state index contributed by atoms with van der Waals surface area (Å²) in [6.07, 6.45) is 10.9. The van der Waals surface area contributed by atoms with Crippen LogP contribution in [0.2, 0.25) is 0 Å². The van der Waals surface area contributed by atoms with Crippen molar-refractivity contribution in [1.82, 2.24) is 9.80 Å². The molecule has 1 saturated heterocycles. The molecule has 0 aromatic heterocycles. The normalized spacial score (nSPS) is 27.8. The van der Waals surface area contributed by atoms with Crippen molar-refractivity contribution in [1.29, 1.82) is 0 Å². The third kappa shape index (κ3) is 5.77. The topological polar surface area (TPSA) is 108 Å². The predicted octanol–water partition coefficient (Wildman–Crippen LogP) is 2.60. The second kappa shape index (κ2) is 12.9. The minimum Gasteiger partial charge on any atom is -0.493 e. The number of halogens is 2. The molecule has 5 rings (SSSR count). The number of methoxy groups -OCH3 is 1. The fourth-order valence-corrected chi connectivity index (χ4v) is 5.89. The minimum atomic E-state index is -0.418. The molecule has 3 atom stereocenters. The Labute approximate surface area is 218 Å². The van der Waals surface area contributed by atoms with Gasteiger partial charge in [-0.25, -0.2) is 0 Å². The van der Waals surface area contributed by atoms with E-state index in [9.17, 15) is 5.11 Å². The molecule has 0 unspecified atom stereocenters. The Morgan fingerprint density at radius 3 is 2.52 bits per heavy atom. The van der Waals surface area contributed by atoms with Gasteiger partial charge in [0.25, 0.3) is 0 Å². The van der Waals surface area contributed by atoms with Crippen LogP contribution in [0.4, 0.5) is 0 Å². The van der Waals surface area contributed by atoms with Crippen LogP contribution >= 0.6 is 34.0 Å². The number of likely N-dealkylation sites (tertiary alicyclic amines) is 1. The number of aliphatic hydroxyl groups excluding tert-OH is 1. The van der Waals surface area contributed by atoms with E-state index in [-0.39, 0.29) is 56.4 Å². The molecular weight excluding hydrogens is 556 g/mol. The minimum absolute atomic E-state index is 0. The van der Waals surface area contributed by atoms with Crippen molar-refractivity contribution in [3.63, 3.8) is 0 Å². The van der Waals surface area contributed by atoms with Gasteiger partial charge in [0.1, 0.15) is 6.10 Å². The van der Waals surface area contributed by atoms with Gasteiger partial charge in [0, 0.05) is 18.5 Å². The van der Waals surface area contributed by atoms with E-state index in [0.29, 0.717) is 6.42 Å². The van der Waals surface area contributed by atoms with Crippen LogP contribution in [0.15, 0.2) is 24.3 Å². The van der Waals surface area contributed by atoms with E-state index in [1.54, 1.807) is 7.11 Å². The van der Waals surface area contributed by atoms with E-state index in [2.05, 4.69) is 28.0 Å². The monoisotopic (exact) mass is 594 g/mol. The fourth-order valence-electron chi connectivity index (χ4n) is 5.89. The maximum absolute atomic E-state index is 10.2. The van der Waals surface area contributed by atoms with Crippen LogP contribution in [0.3, 0.4) is 0 Å². The number of piperidine rings is 1. The summed E-state index contributed by atoms with van der Waals surface area (Å²) >= 11 is 0. The molecule has 1 aromatic carbocycles. The molecule has 3 aliphatic heterocycles. The van der Waals surface area contributed by atoms with Crippen LogP contribution in [-0.2, 0) is 12.0 Å². The van der Waals surface area contributed by atoms with Gasteiger partial charge in [0.05, 0.1) is 18.6 Å². The zero-order valence-corrected chi connectivity index (χ0v) is 22.9. The van der Waals surface area contributed by atoms with Crippen molar-refractivity contribution >= 4 is 34.0 Å². The summed E-state index contributed by atoms with van der Waals surface area (Å²) in [5.41, 5.74) is 2.54. The first-order valence-electron chi connectivity index (χ1n) is 11.4. The van der Waals surface area contributed by atoms with Gasteiger partial charge in [-0.2, -0.15) is 0 Å². The molecule has 1 aliphatic carbocycles.